The molecule has 0 atom stereocenters. The molecule has 2 aromatic rings. The number of ether oxygens (including phenoxy) is 1. The lowest BCUT2D eigenvalue weighted by Gasteiger charge is -2.09. The Morgan fingerprint density at radius 2 is 2.11 bits per heavy atom. The zero-order chi connectivity index (χ0) is 13.0. The predicted molar refractivity (Wildman–Crippen MR) is 75.9 cm³/mol. The minimum Gasteiger partial charge on any atom is -0.477 e. The molecule has 0 saturated carbocycles. The van der Waals surface area contributed by atoms with Gasteiger partial charge in [-0.15, -0.1) is 0 Å². The number of aromatic nitrogens is 2. The molecule has 96 valence electrons. The van der Waals surface area contributed by atoms with Crippen molar-refractivity contribution in [1.29, 1.82) is 0 Å². The second-order valence-corrected chi connectivity index (χ2v) is 5.26. The van der Waals surface area contributed by atoms with Crippen molar-refractivity contribution in [1.82, 2.24) is 14.9 Å². The van der Waals surface area contributed by atoms with E-state index in [0.29, 0.717) is 12.5 Å². The van der Waals surface area contributed by atoms with E-state index < -0.39 is 0 Å². The first kappa shape index (κ1) is 13.2. The minimum absolute atomic E-state index is 0.583. The molecular formula is C13H16BrN3O. The number of hydrogen-bond acceptors (Lipinski definition) is 4. The van der Waals surface area contributed by atoms with Crippen LogP contribution in [0.25, 0.3) is 11.0 Å². The van der Waals surface area contributed by atoms with Crippen molar-refractivity contribution in [3.63, 3.8) is 0 Å². The maximum absolute atomic E-state index is 5.59. The minimum atomic E-state index is 0.583. The van der Waals surface area contributed by atoms with Gasteiger partial charge in [-0.25, -0.2) is 9.97 Å². The molecule has 0 spiro atoms. The molecule has 1 heterocycles. The number of benzene rings is 1. The summed E-state index contributed by atoms with van der Waals surface area (Å²) in [6.45, 7) is 1.67. The van der Waals surface area contributed by atoms with Crippen LogP contribution in [-0.2, 0) is 0 Å². The number of rotatable bonds is 5. The predicted octanol–water partition coefficient (Wildman–Crippen LogP) is 2.72. The Morgan fingerprint density at radius 3 is 2.89 bits per heavy atom. The standard InChI is InChI=1S/C13H16BrN3O/c1-17(2)6-3-7-18-13-9-15-11-5-4-10(14)8-12(11)16-13/h4-5,8-9H,3,6-7H2,1-2H3. The molecule has 0 fully saturated rings. The van der Waals surface area contributed by atoms with Crippen LogP contribution in [0.4, 0.5) is 0 Å². The number of nitrogens with zero attached hydrogens (tertiary/aromatic N) is 3. The van der Waals surface area contributed by atoms with Crippen LogP contribution in [0.1, 0.15) is 6.42 Å². The van der Waals surface area contributed by atoms with Crippen molar-refractivity contribution in [2.24, 2.45) is 0 Å². The highest BCUT2D eigenvalue weighted by molar-refractivity contribution is 9.10. The summed E-state index contributed by atoms with van der Waals surface area (Å²) in [7, 11) is 4.10. The molecule has 2 rings (SSSR count). The average molecular weight is 310 g/mol. The first-order valence-electron chi connectivity index (χ1n) is 5.85. The lowest BCUT2D eigenvalue weighted by molar-refractivity contribution is 0.273. The normalized spacial score (nSPS) is 11.1. The van der Waals surface area contributed by atoms with Crippen LogP contribution in [0, 0.1) is 0 Å². The van der Waals surface area contributed by atoms with Crippen molar-refractivity contribution >= 4 is 27.0 Å². The van der Waals surface area contributed by atoms with Crippen molar-refractivity contribution in [2.75, 3.05) is 27.2 Å². The van der Waals surface area contributed by atoms with Crippen LogP contribution in [0.2, 0.25) is 0 Å². The van der Waals surface area contributed by atoms with Gasteiger partial charge in [0.2, 0.25) is 5.88 Å². The molecule has 0 amide bonds. The first-order valence-corrected chi connectivity index (χ1v) is 6.64. The molecule has 0 saturated heterocycles. The maximum Gasteiger partial charge on any atom is 0.232 e. The molecule has 1 aromatic carbocycles. The summed E-state index contributed by atoms with van der Waals surface area (Å²) in [6.07, 6.45) is 2.65. The third-order valence-corrected chi connectivity index (χ3v) is 2.98. The van der Waals surface area contributed by atoms with Gasteiger partial charge in [-0.05, 0) is 38.7 Å². The summed E-state index contributed by atoms with van der Waals surface area (Å²) in [5.41, 5.74) is 1.72. The molecule has 0 aliphatic heterocycles. The van der Waals surface area contributed by atoms with E-state index in [1.807, 2.05) is 32.3 Å². The largest absolute Gasteiger partial charge is 0.477 e. The molecule has 0 aliphatic rings. The molecule has 0 bridgehead atoms. The van der Waals surface area contributed by atoms with Gasteiger partial charge in [0.1, 0.15) is 0 Å². The highest BCUT2D eigenvalue weighted by Crippen LogP contribution is 2.18. The van der Waals surface area contributed by atoms with Crippen molar-refractivity contribution in [3.05, 3.63) is 28.9 Å². The van der Waals surface area contributed by atoms with Gasteiger partial charge in [-0.2, -0.15) is 0 Å². The molecule has 5 heteroatoms. The molecule has 0 radical (unpaired) electrons. The van der Waals surface area contributed by atoms with Crippen LogP contribution < -0.4 is 4.74 Å². The van der Waals surface area contributed by atoms with Gasteiger partial charge in [0, 0.05) is 11.0 Å². The number of fused-ring (bicyclic) bond motifs is 1. The van der Waals surface area contributed by atoms with E-state index in [2.05, 4.69) is 30.8 Å². The summed E-state index contributed by atoms with van der Waals surface area (Å²) in [6, 6.07) is 5.83. The lowest BCUT2D eigenvalue weighted by atomic mass is 10.3. The van der Waals surface area contributed by atoms with E-state index in [1.165, 1.54) is 0 Å². The van der Waals surface area contributed by atoms with Gasteiger partial charge in [0.15, 0.2) is 0 Å². The fourth-order valence-electron chi connectivity index (χ4n) is 1.59. The smallest absolute Gasteiger partial charge is 0.232 e. The van der Waals surface area contributed by atoms with E-state index in [-0.39, 0.29) is 0 Å². The Balaban J connectivity index is 2.01. The molecule has 1 aromatic heterocycles. The summed E-state index contributed by atoms with van der Waals surface area (Å²) in [4.78, 5) is 10.9. The Hall–Kier alpha value is -1.20. The fourth-order valence-corrected chi connectivity index (χ4v) is 1.94. The van der Waals surface area contributed by atoms with Crippen LogP contribution in [0.15, 0.2) is 28.9 Å². The van der Waals surface area contributed by atoms with Crippen molar-refractivity contribution < 1.29 is 4.74 Å². The molecule has 0 N–H and O–H groups in total. The summed E-state index contributed by atoms with van der Waals surface area (Å²) < 4.78 is 6.58. The average Bonchev–Trinajstić information content (AvgIpc) is 2.34. The second kappa shape index (κ2) is 6.11. The van der Waals surface area contributed by atoms with Gasteiger partial charge < -0.3 is 9.64 Å². The summed E-state index contributed by atoms with van der Waals surface area (Å²) in [5.74, 6) is 0.583. The molecule has 0 unspecified atom stereocenters. The zero-order valence-electron chi connectivity index (χ0n) is 10.6. The van der Waals surface area contributed by atoms with Gasteiger partial charge in [-0.1, -0.05) is 15.9 Å². The SMILES string of the molecule is CN(C)CCCOc1cnc2ccc(Br)cc2n1. The second-order valence-electron chi connectivity index (χ2n) is 4.35. The van der Waals surface area contributed by atoms with Gasteiger partial charge in [0.05, 0.1) is 23.8 Å². The Labute approximate surface area is 115 Å². The monoisotopic (exact) mass is 309 g/mol. The number of halogens is 1. The quantitative estimate of drug-likeness (QED) is 0.796. The van der Waals surface area contributed by atoms with Gasteiger partial charge >= 0.3 is 0 Å². The van der Waals surface area contributed by atoms with Crippen molar-refractivity contribution in [3.8, 4) is 5.88 Å². The lowest BCUT2D eigenvalue weighted by Crippen LogP contribution is -2.15. The number of hydrogen-bond donors (Lipinski definition) is 0. The highest BCUT2D eigenvalue weighted by atomic mass is 79.9. The van der Waals surface area contributed by atoms with Crippen molar-refractivity contribution in [2.45, 2.75) is 6.42 Å². The molecule has 4 nitrogen and oxygen atoms in total. The van der Waals surface area contributed by atoms with Crippen LogP contribution in [0.3, 0.4) is 0 Å². The third-order valence-electron chi connectivity index (χ3n) is 2.48. The molecule has 0 aliphatic carbocycles. The van der Waals surface area contributed by atoms with E-state index in [1.54, 1.807) is 6.20 Å². The molecule has 18 heavy (non-hydrogen) atoms. The van der Waals surface area contributed by atoms with E-state index in [0.717, 1.165) is 28.5 Å². The molecular weight excluding hydrogens is 294 g/mol. The highest BCUT2D eigenvalue weighted by Gasteiger charge is 2.01. The summed E-state index contributed by atoms with van der Waals surface area (Å²) in [5, 5.41) is 0. The van der Waals surface area contributed by atoms with Crippen LogP contribution in [-0.4, -0.2) is 42.1 Å². The Morgan fingerprint density at radius 1 is 1.28 bits per heavy atom. The first-order chi connectivity index (χ1) is 8.65. The van der Waals surface area contributed by atoms with Gasteiger partial charge in [0.25, 0.3) is 0 Å². The van der Waals surface area contributed by atoms with E-state index >= 15 is 0 Å². The maximum atomic E-state index is 5.59. The summed E-state index contributed by atoms with van der Waals surface area (Å²) >= 11 is 3.42. The zero-order valence-corrected chi connectivity index (χ0v) is 12.1. The Kier molecular flexibility index (Phi) is 4.49. The van der Waals surface area contributed by atoms with Crippen LogP contribution >= 0.6 is 15.9 Å². The van der Waals surface area contributed by atoms with Gasteiger partial charge in [-0.3, -0.25) is 0 Å². The van der Waals surface area contributed by atoms with E-state index in [9.17, 15) is 0 Å². The third kappa shape index (κ3) is 3.65. The fraction of sp³-hybridized carbons (Fsp3) is 0.385. The van der Waals surface area contributed by atoms with E-state index in [4.69, 9.17) is 4.74 Å². The van der Waals surface area contributed by atoms with Crippen LogP contribution in [0.5, 0.6) is 5.88 Å². The Bertz CT molecular complexity index is 531. The topological polar surface area (TPSA) is 38.2 Å².